The van der Waals surface area contributed by atoms with Crippen molar-refractivity contribution < 1.29 is 14.8 Å². The number of benzene rings is 2. The van der Waals surface area contributed by atoms with Crippen molar-refractivity contribution in [2.45, 2.75) is 6.54 Å². The molecule has 0 aliphatic heterocycles. The number of phenols is 1. The molecule has 0 saturated carbocycles. The van der Waals surface area contributed by atoms with E-state index in [9.17, 15) is 20.0 Å². The van der Waals surface area contributed by atoms with Gasteiger partial charge in [-0.15, -0.1) is 0 Å². The molecule has 1 aromatic heterocycles. The third-order valence-electron chi connectivity index (χ3n) is 3.78. The fourth-order valence-electron chi connectivity index (χ4n) is 2.36. The van der Waals surface area contributed by atoms with E-state index in [2.05, 4.69) is 47.5 Å². The molecular weight excluding hydrogens is 510 g/mol. The maximum atomic E-state index is 12.2. The average Bonchev–Trinajstić information content (AvgIpc) is 3.15. The van der Waals surface area contributed by atoms with Gasteiger partial charge in [-0.25, -0.2) is 5.43 Å². The summed E-state index contributed by atoms with van der Waals surface area (Å²) in [6.07, 6.45) is 3.06. The molecule has 3 rings (SSSR count). The van der Waals surface area contributed by atoms with Crippen LogP contribution in [0.15, 0.2) is 62.7 Å². The van der Waals surface area contributed by atoms with Crippen molar-refractivity contribution in [2.75, 3.05) is 0 Å². The van der Waals surface area contributed by atoms with Crippen LogP contribution in [0.25, 0.3) is 0 Å². The molecule has 2 N–H and O–H groups in total. The van der Waals surface area contributed by atoms with Crippen molar-refractivity contribution in [3.8, 4) is 5.75 Å². The van der Waals surface area contributed by atoms with Gasteiger partial charge in [-0.3, -0.25) is 19.6 Å². The quantitative estimate of drug-likeness (QED) is 0.289. The van der Waals surface area contributed by atoms with Crippen LogP contribution in [0, 0.1) is 10.1 Å². The number of nitro benzene ring substituents is 1. The maximum absolute atomic E-state index is 12.2. The van der Waals surface area contributed by atoms with E-state index in [1.165, 1.54) is 18.3 Å². The largest absolute Gasteiger partial charge is 0.506 e. The molecule has 0 spiro atoms. The zero-order valence-electron chi connectivity index (χ0n) is 14.6. The SMILES string of the molecule is O=C(N/N=C/c1cc(Br)c(O)c(Br)c1)c1ccn(Cc2ccc([N+](=O)[O-])cc2)n1. The number of hydrazone groups is 1. The van der Waals surface area contributed by atoms with Crippen molar-refractivity contribution in [2.24, 2.45) is 5.10 Å². The second kappa shape index (κ2) is 8.97. The first-order valence-electron chi connectivity index (χ1n) is 8.11. The highest BCUT2D eigenvalue weighted by Gasteiger charge is 2.10. The fourth-order valence-corrected chi connectivity index (χ4v) is 3.59. The van der Waals surface area contributed by atoms with Gasteiger partial charge in [0.1, 0.15) is 5.75 Å². The molecule has 29 heavy (non-hydrogen) atoms. The van der Waals surface area contributed by atoms with Gasteiger partial charge in [-0.1, -0.05) is 12.1 Å². The van der Waals surface area contributed by atoms with Crippen LogP contribution in [0.5, 0.6) is 5.75 Å². The highest BCUT2D eigenvalue weighted by molar-refractivity contribution is 9.11. The summed E-state index contributed by atoms with van der Waals surface area (Å²) in [5.41, 5.74) is 4.05. The highest BCUT2D eigenvalue weighted by Crippen LogP contribution is 2.32. The van der Waals surface area contributed by atoms with Crippen LogP contribution in [0.3, 0.4) is 0 Å². The van der Waals surface area contributed by atoms with Crippen molar-refractivity contribution >= 4 is 49.7 Å². The Labute approximate surface area is 181 Å². The van der Waals surface area contributed by atoms with Crippen molar-refractivity contribution in [1.82, 2.24) is 15.2 Å². The normalized spacial score (nSPS) is 11.0. The number of hydrogen-bond acceptors (Lipinski definition) is 6. The number of aromatic nitrogens is 2. The average molecular weight is 523 g/mol. The van der Waals surface area contributed by atoms with E-state index in [0.29, 0.717) is 21.1 Å². The van der Waals surface area contributed by atoms with Gasteiger partial charge in [0.25, 0.3) is 11.6 Å². The van der Waals surface area contributed by atoms with Gasteiger partial charge in [-0.05, 0) is 61.2 Å². The molecule has 0 atom stereocenters. The van der Waals surface area contributed by atoms with Crippen LogP contribution < -0.4 is 5.43 Å². The number of non-ortho nitro benzene ring substituents is 1. The molecule has 1 amide bonds. The van der Waals surface area contributed by atoms with E-state index in [-0.39, 0.29) is 17.1 Å². The number of carbonyl (C=O) groups excluding carboxylic acids is 1. The minimum Gasteiger partial charge on any atom is -0.506 e. The van der Waals surface area contributed by atoms with Crippen molar-refractivity contribution in [3.63, 3.8) is 0 Å². The molecule has 0 aliphatic carbocycles. The first-order chi connectivity index (χ1) is 13.8. The molecule has 0 saturated heterocycles. The van der Waals surface area contributed by atoms with E-state index < -0.39 is 10.8 Å². The Kier molecular flexibility index (Phi) is 6.39. The number of nitrogens with one attached hydrogen (secondary N) is 1. The Balaban J connectivity index is 1.61. The Morgan fingerprint density at radius 2 is 1.90 bits per heavy atom. The van der Waals surface area contributed by atoms with Crippen LogP contribution in [0.1, 0.15) is 21.6 Å². The number of aromatic hydroxyl groups is 1. The summed E-state index contributed by atoms with van der Waals surface area (Å²) >= 11 is 6.44. The third-order valence-corrected chi connectivity index (χ3v) is 4.99. The minimum absolute atomic E-state index is 0.0137. The second-order valence-electron chi connectivity index (χ2n) is 5.85. The standard InChI is InChI=1S/C18H13Br2N5O4/c19-14-7-12(8-15(20)17(14)26)9-21-22-18(27)16-5-6-24(23-16)10-11-1-3-13(4-2-11)25(28)29/h1-9,26H,10H2,(H,22,27)/b21-9+. The molecule has 0 fully saturated rings. The lowest BCUT2D eigenvalue weighted by Crippen LogP contribution is -2.18. The second-order valence-corrected chi connectivity index (χ2v) is 7.56. The molecule has 1 heterocycles. The smallest absolute Gasteiger partial charge is 0.291 e. The van der Waals surface area contributed by atoms with Gasteiger partial charge >= 0.3 is 0 Å². The third kappa shape index (κ3) is 5.27. The van der Waals surface area contributed by atoms with Gasteiger partial charge in [0.2, 0.25) is 0 Å². The number of nitrogens with zero attached hydrogens (tertiary/aromatic N) is 4. The summed E-state index contributed by atoms with van der Waals surface area (Å²) in [6, 6.07) is 10.9. The van der Waals surface area contributed by atoms with E-state index in [0.717, 1.165) is 5.56 Å². The highest BCUT2D eigenvalue weighted by atomic mass is 79.9. The molecule has 0 bridgehead atoms. The zero-order valence-corrected chi connectivity index (χ0v) is 17.8. The van der Waals surface area contributed by atoms with Gasteiger partial charge in [0.05, 0.1) is 26.6 Å². The summed E-state index contributed by atoms with van der Waals surface area (Å²) < 4.78 is 2.53. The Morgan fingerprint density at radius 1 is 1.24 bits per heavy atom. The molecule has 0 unspecified atom stereocenters. The van der Waals surface area contributed by atoms with Gasteiger partial charge in [-0.2, -0.15) is 10.2 Å². The molecule has 9 nitrogen and oxygen atoms in total. The first kappa shape index (κ1) is 20.7. The fraction of sp³-hybridized carbons (Fsp3) is 0.0556. The van der Waals surface area contributed by atoms with Crippen LogP contribution in [0.4, 0.5) is 5.69 Å². The molecule has 148 valence electrons. The lowest BCUT2D eigenvalue weighted by atomic mass is 10.2. The monoisotopic (exact) mass is 521 g/mol. The summed E-state index contributed by atoms with van der Waals surface area (Å²) in [4.78, 5) is 22.4. The molecule has 3 aromatic rings. The number of carbonyl (C=O) groups is 1. The molecule has 2 aromatic carbocycles. The van der Waals surface area contributed by atoms with Crippen LogP contribution >= 0.6 is 31.9 Å². The molecule has 11 heteroatoms. The van der Waals surface area contributed by atoms with Crippen LogP contribution in [0.2, 0.25) is 0 Å². The van der Waals surface area contributed by atoms with Crippen molar-refractivity contribution in [1.29, 1.82) is 0 Å². The number of nitro groups is 1. The number of halogens is 2. The number of amides is 1. The topological polar surface area (TPSA) is 123 Å². The Morgan fingerprint density at radius 3 is 2.52 bits per heavy atom. The van der Waals surface area contributed by atoms with E-state index in [4.69, 9.17) is 0 Å². The van der Waals surface area contributed by atoms with Gasteiger partial charge < -0.3 is 5.11 Å². The number of rotatable bonds is 6. The summed E-state index contributed by atoms with van der Waals surface area (Å²) in [6.45, 7) is 0.365. The summed E-state index contributed by atoms with van der Waals surface area (Å²) in [5.74, 6) is -0.412. The van der Waals surface area contributed by atoms with Crippen LogP contribution in [-0.4, -0.2) is 31.9 Å². The first-order valence-corrected chi connectivity index (χ1v) is 9.70. The zero-order chi connectivity index (χ0) is 21.0. The lowest BCUT2D eigenvalue weighted by molar-refractivity contribution is -0.384. The summed E-state index contributed by atoms with van der Waals surface area (Å²) in [7, 11) is 0. The summed E-state index contributed by atoms with van der Waals surface area (Å²) in [5, 5.41) is 28.4. The number of hydrogen-bond donors (Lipinski definition) is 2. The molecule has 0 aliphatic rings. The molecule has 0 radical (unpaired) electrons. The molecular formula is C18H13Br2N5O4. The van der Waals surface area contributed by atoms with E-state index in [1.54, 1.807) is 41.2 Å². The lowest BCUT2D eigenvalue weighted by Gasteiger charge is -2.02. The van der Waals surface area contributed by atoms with Crippen LogP contribution in [-0.2, 0) is 6.54 Å². The predicted molar refractivity (Wildman–Crippen MR) is 113 cm³/mol. The van der Waals surface area contributed by atoms with E-state index in [1.807, 2.05) is 0 Å². The Hall–Kier alpha value is -3.05. The van der Waals surface area contributed by atoms with E-state index >= 15 is 0 Å². The Bertz CT molecular complexity index is 1070. The van der Waals surface area contributed by atoms with Crippen molar-refractivity contribution in [3.05, 3.63) is 84.5 Å². The maximum Gasteiger partial charge on any atom is 0.291 e. The predicted octanol–water partition coefficient (Wildman–Crippen LogP) is 3.83. The number of phenolic OH excluding ortho intramolecular Hbond substituents is 1. The van der Waals surface area contributed by atoms with Gasteiger partial charge in [0.15, 0.2) is 5.69 Å². The van der Waals surface area contributed by atoms with Gasteiger partial charge in [0, 0.05) is 18.3 Å². The minimum atomic E-state index is -0.486.